The van der Waals surface area contributed by atoms with E-state index in [1.807, 2.05) is 24.3 Å². The molecule has 0 atom stereocenters. The van der Waals surface area contributed by atoms with Crippen molar-refractivity contribution in [1.29, 1.82) is 0 Å². The largest absolute Gasteiger partial charge is 0.352 e. The molecule has 2 amide bonds. The van der Waals surface area contributed by atoms with Gasteiger partial charge in [0.1, 0.15) is 13.1 Å². The molecule has 10 nitrogen and oxygen atoms in total. The van der Waals surface area contributed by atoms with Crippen LogP contribution in [0.3, 0.4) is 0 Å². The fourth-order valence-electron chi connectivity index (χ4n) is 1.48. The Balaban J connectivity index is 2.39. The molecule has 10 heteroatoms. The molecular formula is C12H14N8O2. The summed E-state index contributed by atoms with van der Waals surface area (Å²) in [6, 6.07) is 7.23. The number of carbonyl (C=O) groups is 2. The van der Waals surface area contributed by atoms with Crippen molar-refractivity contribution in [2.45, 2.75) is 13.1 Å². The van der Waals surface area contributed by atoms with Crippen LogP contribution in [0.25, 0.3) is 20.9 Å². The smallest absolute Gasteiger partial charge is 0.226 e. The summed E-state index contributed by atoms with van der Waals surface area (Å²) in [5.74, 6) is -0.709. The number of nitrogens with one attached hydrogen (secondary N) is 2. The zero-order chi connectivity index (χ0) is 16.2. The Hall–Kier alpha value is -3.22. The molecule has 2 N–H and O–H groups in total. The van der Waals surface area contributed by atoms with Crippen molar-refractivity contribution in [1.82, 2.24) is 10.6 Å². The maximum atomic E-state index is 11.2. The molecule has 1 rings (SSSR count). The second kappa shape index (κ2) is 9.65. The third-order valence-corrected chi connectivity index (χ3v) is 2.56. The Bertz CT molecular complexity index is 560. The van der Waals surface area contributed by atoms with E-state index in [0.29, 0.717) is 13.1 Å². The third-order valence-electron chi connectivity index (χ3n) is 2.56. The Morgan fingerprint density at radius 3 is 1.55 bits per heavy atom. The summed E-state index contributed by atoms with van der Waals surface area (Å²) < 4.78 is 0. The SMILES string of the molecule is [N-]=[N+]=NCC(=O)NCc1ccc(CNC(=O)CN=[N+]=[N-])cc1. The highest BCUT2D eigenvalue weighted by atomic mass is 16.2. The number of rotatable bonds is 8. The summed E-state index contributed by atoms with van der Waals surface area (Å²) in [6.45, 7) is 0.185. The van der Waals surface area contributed by atoms with Gasteiger partial charge in [-0.05, 0) is 22.2 Å². The molecule has 0 aromatic heterocycles. The van der Waals surface area contributed by atoms with Gasteiger partial charge in [-0.1, -0.05) is 34.5 Å². The molecule has 0 aliphatic heterocycles. The highest BCUT2D eigenvalue weighted by molar-refractivity contribution is 5.78. The molecule has 0 radical (unpaired) electrons. The predicted octanol–water partition coefficient (Wildman–Crippen LogP) is 1.54. The van der Waals surface area contributed by atoms with E-state index >= 15 is 0 Å². The minimum atomic E-state index is -0.354. The van der Waals surface area contributed by atoms with E-state index in [-0.39, 0.29) is 24.9 Å². The molecule has 0 saturated heterocycles. The summed E-state index contributed by atoms with van der Waals surface area (Å²) in [7, 11) is 0. The Morgan fingerprint density at radius 1 is 0.864 bits per heavy atom. The highest BCUT2D eigenvalue weighted by Gasteiger charge is 2.01. The van der Waals surface area contributed by atoms with Gasteiger partial charge in [0.2, 0.25) is 11.8 Å². The first kappa shape index (κ1) is 16.8. The minimum Gasteiger partial charge on any atom is -0.352 e. The Labute approximate surface area is 125 Å². The molecule has 1 aromatic carbocycles. The van der Waals surface area contributed by atoms with Gasteiger partial charge >= 0.3 is 0 Å². The summed E-state index contributed by atoms with van der Waals surface area (Å²) in [5.41, 5.74) is 17.9. The molecule has 0 aliphatic rings. The Kier molecular flexibility index (Phi) is 7.38. The maximum Gasteiger partial charge on any atom is 0.226 e. The topological polar surface area (TPSA) is 156 Å². The van der Waals surface area contributed by atoms with Crippen LogP contribution in [-0.4, -0.2) is 24.9 Å². The number of benzene rings is 1. The number of hydrogen-bond acceptors (Lipinski definition) is 4. The zero-order valence-corrected chi connectivity index (χ0v) is 11.6. The van der Waals surface area contributed by atoms with Crippen molar-refractivity contribution < 1.29 is 9.59 Å². The average Bonchev–Trinajstić information content (AvgIpc) is 2.55. The van der Waals surface area contributed by atoms with E-state index in [9.17, 15) is 9.59 Å². The summed E-state index contributed by atoms with van der Waals surface area (Å²) in [5, 5.41) is 11.5. The molecule has 0 saturated carbocycles. The normalized spacial score (nSPS) is 9.09. The lowest BCUT2D eigenvalue weighted by atomic mass is 10.1. The number of nitrogens with zero attached hydrogens (tertiary/aromatic N) is 6. The second-order valence-corrected chi connectivity index (χ2v) is 4.15. The van der Waals surface area contributed by atoms with Crippen LogP contribution in [0.2, 0.25) is 0 Å². The Morgan fingerprint density at radius 2 is 1.23 bits per heavy atom. The monoisotopic (exact) mass is 302 g/mol. The van der Waals surface area contributed by atoms with Crippen LogP contribution in [0.5, 0.6) is 0 Å². The summed E-state index contributed by atoms with van der Waals surface area (Å²) in [6.07, 6.45) is 0. The third kappa shape index (κ3) is 6.80. The number of carbonyl (C=O) groups excluding carboxylic acids is 2. The summed E-state index contributed by atoms with van der Waals surface area (Å²) in [4.78, 5) is 27.5. The van der Waals surface area contributed by atoms with Crippen LogP contribution >= 0.6 is 0 Å². The first-order chi connectivity index (χ1) is 10.7. The minimum absolute atomic E-state index is 0.230. The van der Waals surface area contributed by atoms with Crippen LogP contribution in [0.1, 0.15) is 11.1 Å². The number of amides is 2. The molecule has 0 aliphatic carbocycles. The van der Waals surface area contributed by atoms with Crippen LogP contribution in [0, 0.1) is 0 Å². The van der Waals surface area contributed by atoms with Gasteiger partial charge < -0.3 is 10.6 Å². The van der Waals surface area contributed by atoms with Crippen molar-refractivity contribution in [3.8, 4) is 0 Å². The van der Waals surface area contributed by atoms with Crippen LogP contribution < -0.4 is 10.6 Å². The van der Waals surface area contributed by atoms with Gasteiger partial charge in [0, 0.05) is 22.9 Å². The van der Waals surface area contributed by atoms with Crippen LogP contribution in [-0.2, 0) is 22.7 Å². The van der Waals surface area contributed by atoms with Crippen LogP contribution in [0.4, 0.5) is 0 Å². The van der Waals surface area contributed by atoms with Gasteiger partial charge in [-0.2, -0.15) is 0 Å². The maximum absolute atomic E-state index is 11.2. The molecular weight excluding hydrogens is 288 g/mol. The number of hydrogen-bond donors (Lipinski definition) is 2. The molecule has 0 bridgehead atoms. The average molecular weight is 302 g/mol. The molecule has 0 fully saturated rings. The van der Waals surface area contributed by atoms with Crippen LogP contribution in [0.15, 0.2) is 34.5 Å². The van der Waals surface area contributed by atoms with Gasteiger partial charge in [-0.3, -0.25) is 9.59 Å². The molecule has 0 heterocycles. The first-order valence-corrected chi connectivity index (χ1v) is 6.28. The van der Waals surface area contributed by atoms with Gasteiger partial charge in [0.25, 0.3) is 0 Å². The van der Waals surface area contributed by atoms with E-state index in [2.05, 4.69) is 30.7 Å². The van der Waals surface area contributed by atoms with Crippen molar-refractivity contribution in [3.63, 3.8) is 0 Å². The van der Waals surface area contributed by atoms with Gasteiger partial charge in [0.05, 0.1) is 0 Å². The lowest BCUT2D eigenvalue weighted by Gasteiger charge is -2.06. The first-order valence-electron chi connectivity index (χ1n) is 6.28. The van der Waals surface area contributed by atoms with E-state index in [0.717, 1.165) is 11.1 Å². The number of azide groups is 2. The van der Waals surface area contributed by atoms with E-state index in [1.54, 1.807) is 0 Å². The molecule has 0 unspecified atom stereocenters. The van der Waals surface area contributed by atoms with Gasteiger partial charge in [0.15, 0.2) is 0 Å². The lowest BCUT2D eigenvalue weighted by molar-refractivity contribution is -0.120. The van der Waals surface area contributed by atoms with Gasteiger partial charge in [-0.15, -0.1) is 0 Å². The standard InChI is InChI=1S/C12H14N8O2/c13-19-17-7-11(21)15-5-9-1-2-10(4-3-9)6-16-12(22)8-18-20-14/h1-4H,5-8H2,(H,15,21)(H,16,22). The molecule has 1 aromatic rings. The predicted molar refractivity (Wildman–Crippen MR) is 78.2 cm³/mol. The zero-order valence-electron chi connectivity index (χ0n) is 11.6. The highest BCUT2D eigenvalue weighted by Crippen LogP contribution is 2.04. The summed E-state index contributed by atoms with van der Waals surface area (Å²) >= 11 is 0. The second-order valence-electron chi connectivity index (χ2n) is 4.15. The fraction of sp³-hybridized carbons (Fsp3) is 0.333. The van der Waals surface area contributed by atoms with E-state index < -0.39 is 0 Å². The van der Waals surface area contributed by atoms with E-state index in [1.165, 1.54) is 0 Å². The fourth-order valence-corrected chi connectivity index (χ4v) is 1.48. The van der Waals surface area contributed by atoms with E-state index in [4.69, 9.17) is 11.1 Å². The lowest BCUT2D eigenvalue weighted by Crippen LogP contribution is -2.25. The molecule has 0 spiro atoms. The molecule has 22 heavy (non-hydrogen) atoms. The van der Waals surface area contributed by atoms with Crippen molar-refractivity contribution >= 4 is 11.8 Å². The molecule has 114 valence electrons. The quantitative estimate of drug-likeness (QED) is 0.424. The van der Waals surface area contributed by atoms with Crippen molar-refractivity contribution in [2.75, 3.05) is 13.1 Å². The van der Waals surface area contributed by atoms with Crippen molar-refractivity contribution in [3.05, 3.63) is 56.3 Å². The van der Waals surface area contributed by atoms with Gasteiger partial charge in [-0.25, -0.2) is 0 Å². The van der Waals surface area contributed by atoms with Crippen molar-refractivity contribution in [2.24, 2.45) is 10.2 Å².